The van der Waals surface area contributed by atoms with Crippen LogP contribution < -0.4 is 5.32 Å². The van der Waals surface area contributed by atoms with Crippen molar-refractivity contribution in [1.82, 2.24) is 10.3 Å². The number of alkyl carbamates (subject to hydrolysis) is 1. The Hall–Kier alpha value is -2.11. The number of carbonyl (C=O) groups excluding carboxylic acids is 1. The van der Waals surface area contributed by atoms with E-state index in [0.717, 1.165) is 5.56 Å². The number of aromatic carboxylic acids is 1. The molecule has 0 radical (unpaired) electrons. The molecule has 0 aliphatic heterocycles. The fraction of sp³-hybridized carbons (Fsp3) is 0.462. The van der Waals surface area contributed by atoms with Gasteiger partial charge < -0.3 is 15.2 Å². The van der Waals surface area contributed by atoms with Crippen LogP contribution in [0.2, 0.25) is 0 Å². The second-order valence-electron chi connectivity index (χ2n) is 5.04. The summed E-state index contributed by atoms with van der Waals surface area (Å²) in [5.74, 6) is -1.06. The smallest absolute Gasteiger partial charge is 0.407 e. The maximum Gasteiger partial charge on any atom is 0.407 e. The lowest BCUT2D eigenvalue weighted by Crippen LogP contribution is -2.33. The summed E-state index contributed by atoms with van der Waals surface area (Å²) in [5, 5.41) is 11.3. The topological polar surface area (TPSA) is 88.5 Å². The highest BCUT2D eigenvalue weighted by atomic mass is 16.6. The summed E-state index contributed by atoms with van der Waals surface area (Å²) >= 11 is 0. The van der Waals surface area contributed by atoms with Gasteiger partial charge in [-0.15, -0.1) is 0 Å². The number of nitrogens with one attached hydrogen (secondary N) is 1. The van der Waals surface area contributed by atoms with E-state index in [0.29, 0.717) is 13.0 Å². The highest BCUT2D eigenvalue weighted by Gasteiger charge is 2.15. The van der Waals surface area contributed by atoms with Crippen LogP contribution in [0, 0.1) is 0 Å². The minimum absolute atomic E-state index is 0.00357. The van der Waals surface area contributed by atoms with Crippen LogP contribution in [0.15, 0.2) is 18.3 Å². The number of ether oxygens (including phenoxy) is 1. The highest BCUT2D eigenvalue weighted by molar-refractivity contribution is 5.85. The van der Waals surface area contributed by atoms with Crippen molar-refractivity contribution >= 4 is 12.1 Å². The maximum absolute atomic E-state index is 11.4. The van der Waals surface area contributed by atoms with Crippen LogP contribution in [-0.2, 0) is 11.2 Å². The van der Waals surface area contributed by atoms with Crippen LogP contribution in [0.25, 0.3) is 0 Å². The molecule has 0 aliphatic carbocycles. The third-order valence-corrected chi connectivity index (χ3v) is 2.13. The van der Waals surface area contributed by atoms with Gasteiger partial charge in [-0.3, -0.25) is 0 Å². The third kappa shape index (κ3) is 5.85. The SMILES string of the molecule is CC(C)(C)OC(=O)NCCc1ccc(C(=O)O)nc1. The molecule has 0 fully saturated rings. The van der Waals surface area contributed by atoms with Gasteiger partial charge in [0.1, 0.15) is 11.3 Å². The van der Waals surface area contributed by atoms with Crippen molar-refractivity contribution in [3.8, 4) is 0 Å². The van der Waals surface area contributed by atoms with Crippen molar-refractivity contribution in [3.63, 3.8) is 0 Å². The van der Waals surface area contributed by atoms with E-state index in [1.54, 1.807) is 26.8 Å². The van der Waals surface area contributed by atoms with Crippen LogP contribution in [-0.4, -0.2) is 34.3 Å². The molecule has 1 aromatic rings. The first-order valence-corrected chi connectivity index (χ1v) is 5.93. The summed E-state index contributed by atoms with van der Waals surface area (Å²) in [6.45, 7) is 5.78. The molecule has 2 N–H and O–H groups in total. The second kappa shape index (κ2) is 6.17. The average Bonchev–Trinajstić information content (AvgIpc) is 2.27. The summed E-state index contributed by atoms with van der Waals surface area (Å²) in [6.07, 6.45) is 1.58. The van der Waals surface area contributed by atoms with E-state index < -0.39 is 17.7 Å². The maximum atomic E-state index is 11.4. The monoisotopic (exact) mass is 266 g/mol. The number of aromatic nitrogens is 1. The largest absolute Gasteiger partial charge is 0.477 e. The van der Waals surface area contributed by atoms with E-state index in [2.05, 4.69) is 10.3 Å². The molecular weight excluding hydrogens is 248 g/mol. The zero-order chi connectivity index (χ0) is 14.5. The molecule has 0 bridgehead atoms. The average molecular weight is 266 g/mol. The summed E-state index contributed by atoms with van der Waals surface area (Å²) in [7, 11) is 0. The lowest BCUT2D eigenvalue weighted by atomic mass is 10.2. The molecule has 0 aromatic carbocycles. The zero-order valence-electron chi connectivity index (χ0n) is 11.3. The molecule has 1 heterocycles. The van der Waals surface area contributed by atoms with Gasteiger partial charge in [-0.25, -0.2) is 14.6 Å². The van der Waals surface area contributed by atoms with E-state index in [1.165, 1.54) is 12.3 Å². The Labute approximate surface area is 111 Å². The molecular formula is C13H18N2O4. The van der Waals surface area contributed by atoms with Crippen molar-refractivity contribution in [2.45, 2.75) is 32.8 Å². The standard InChI is InChI=1S/C13H18N2O4/c1-13(2,3)19-12(18)14-7-6-9-4-5-10(11(16)17)15-8-9/h4-5,8H,6-7H2,1-3H3,(H,14,18)(H,16,17). The van der Waals surface area contributed by atoms with Gasteiger partial charge in [0.25, 0.3) is 0 Å². The molecule has 6 nitrogen and oxygen atoms in total. The minimum Gasteiger partial charge on any atom is -0.477 e. The van der Waals surface area contributed by atoms with Gasteiger partial charge >= 0.3 is 12.1 Å². The molecule has 0 saturated carbocycles. The lowest BCUT2D eigenvalue weighted by molar-refractivity contribution is 0.0528. The van der Waals surface area contributed by atoms with Crippen LogP contribution in [0.4, 0.5) is 4.79 Å². The Morgan fingerprint density at radius 2 is 2.05 bits per heavy atom. The Bertz CT molecular complexity index is 449. The lowest BCUT2D eigenvalue weighted by Gasteiger charge is -2.19. The Morgan fingerprint density at radius 1 is 1.37 bits per heavy atom. The first kappa shape index (κ1) is 14.9. The Morgan fingerprint density at radius 3 is 2.53 bits per heavy atom. The molecule has 6 heteroatoms. The van der Waals surface area contributed by atoms with Crippen LogP contribution >= 0.6 is 0 Å². The van der Waals surface area contributed by atoms with Crippen molar-refractivity contribution in [2.24, 2.45) is 0 Å². The predicted octanol–water partition coefficient (Wildman–Crippen LogP) is 1.85. The van der Waals surface area contributed by atoms with E-state index in [-0.39, 0.29) is 5.69 Å². The number of carboxylic acid groups (broad SMARTS) is 1. The fourth-order valence-corrected chi connectivity index (χ4v) is 1.32. The summed E-state index contributed by atoms with van der Waals surface area (Å²) < 4.78 is 5.08. The number of carbonyl (C=O) groups is 2. The van der Waals surface area contributed by atoms with Crippen molar-refractivity contribution in [2.75, 3.05) is 6.54 Å². The van der Waals surface area contributed by atoms with E-state index in [1.807, 2.05) is 0 Å². The molecule has 19 heavy (non-hydrogen) atoms. The number of hydrogen-bond donors (Lipinski definition) is 2. The normalized spacial score (nSPS) is 10.9. The zero-order valence-corrected chi connectivity index (χ0v) is 11.3. The summed E-state index contributed by atoms with van der Waals surface area (Å²) in [6, 6.07) is 3.11. The van der Waals surface area contributed by atoms with Gasteiger partial charge in [0, 0.05) is 12.7 Å². The van der Waals surface area contributed by atoms with Gasteiger partial charge in [0.2, 0.25) is 0 Å². The molecule has 0 aliphatic rings. The fourth-order valence-electron chi connectivity index (χ4n) is 1.32. The number of carboxylic acids is 1. The Balaban J connectivity index is 2.37. The van der Waals surface area contributed by atoms with Gasteiger partial charge in [-0.1, -0.05) is 6.07 Å². The molecule has 0 saturated heterocycles. The molecule has 1 amide bonds. The first-order valence-electron chi connectivity index (χ1n) is 5.93. The van der Waals surface area contributed by atoms with Gasteiger partial charge in [-0.2, -0.15) is 0 Å². The molecule has 0 unspecified atom stereocenters. The minimum atomic E-state index is -1.06. The van der Waals surface area contributed by atoms with Crippen LogP contribution in [0.3, 0.4) is 0 Å². The van der Waals surface area contributed by atoms with Crippen LogP contribution in [0.5, 0.6) is 0 Å². The van der Waals surface area contributed by atoms with Gasteiger partial charge in [0.15, 0.2) is 0 Å². The predicted molar refractivity (Wildman–Crippen MR) is 69.1 cm³/mol. The number of hydrogen-bond acceptors (Lipinski definition) is 4. The van der Waals surface area contributed by atoms with E-state index in [9.17, 15) is 9.59 Å². The number of amides is 1. The highest BCUT2D eigenvalue weighted by Crippen LogP contribution is 2.06. The van der Waals surface area contributed by atoms with Gasteiger partial charge in [0.05, 0.1) is 0 Å². The van der Waals surface area contributed by atoms with Crippen LogP contribution in [0.1, 0.15) is 36.8 Å². The Kier molecular flexibility index (Phi) is 4.86. The molecule has 104 valence electrons. The first-order chi connectivity index (χ1) is 8.78. The van der Waals surface area contributed by atoms with Gasteiger partial charge in [-0.05, 0) is 38.8 Å². The second-order valence-corrected chi connectivity index (χ2v) is 5.04. The molecule has 1 rings (SSSR count). The number of nitrogens with zero attached hydrogens (tertiary/aromatic N) is 1. The number of rotatable bonds is 4. The van der Waals surface area contributed by atoms with E-state index >= 15 is 0 Å². The number of pyridine rings is 1. The van der Waals surface area contributed by atoms with E-state index in [4.69, 9.17) is 9.84 Å². The third-order valence-electron chi connectivity index (χ3n) is 2.13. The van der Waals surface area contributed by atoms with Crippen molar-refractivity contribution in [3.05, 3.63) is 29.6 Å². The quantitative estimate of drug-likeness (QED) is 0.868. The van der Waals surface area contributed by atoms with Crippen molar-refractivity contribution in [1.29, 1.82) is 0 Å². The molecule has 0 atom stereocenters. The summed E-state index contributed by atoms with van der Waals surface area (Å²) in [5.41, 5.74) is 0.333. The molecule has 1 aromatic heterocycles. The van der Waals surface area contributed by atoms with Crippen molar-refractivity contribution < 1.29 is 19.4 Å². The molecule has 0 spiro atoms. The summed E-state index contributed by atoms with van der Waals surface area (Å²) in [4.78, 5) is 25.8.